The SMILES string of the molecule is COC(=O)C(N)CC1CCC(O)C([N+](=O)[O-])C1. The molecular weight excluding hydrogens is 228 g/mol. The van der Waals surface area contributed by atoms with Crippen LogP contribution in [-0.2, 0) is 9.53 Å². The van der Waals surface area contributed by atoms with Gasteiger partial charge in [-0.15, -0.1) is 0 Å². The highest BCUT2D eigenvalue weighted by molar-refractivity contribution is 5.75. The van der Waals surface area contributed by atoms with Gasteiger partial charge >= 0.3 is 5.97 Å². The number of rotatable bonds is 4. The third-order valence-electron chi connectivity index (χ3n) is 3.25. The highest BCUT2D eigenvalue weighted by Crippen LogP contribution is 2.29. The lowest BCUT2D eigenvalue weighted by Crippen LogP contribution is -2.42. The van der Waals surface area contributed by atoms with Crippen LogP contribution in [0.25, 0.3) is 0 Å². The lowest BCUT2D eigenvalue weighted by Gasteiger charge is -2.29. The molecule has 0 spiro atoms. The number of methoxy groups -OCH3 is 1. The molecule has 7 heteroatoms. The summed E-state index contributed by atoms with van der Waals surface area (Å²) in [5, 5.41) is 20.2. The average molecular weight is 246 g/mol. The van der Waals surface area contributed by atoms with Gasteiger partial charge in [0.05, 0.1) is 7.11 Å². The smallest absolute Gasteiger partial charge is 0.322 e. The van der Waals surface area contributed by atoms with E-state index in [2.05, 4.69) is 4.74 Å². The molecule has 0 radical (unpaired) electrons. The second-order valence-corrected chi connectivity index (χ2v) is 4.46. The Kier molecular flexibility index (Phi) is 4.83. The maximum absolute atomic E-state index is 11.1. The topological polar surface area (TPSA) is 116 Å². The average Bonchev–Trinajstić information content (AvgIpc) is 2.30. The summed E-state index contributed by atoms with van der Waals surface area (Å²) in [5.74, 6) is -0.517. The summed E-state index contributed by atoms with van der Waals surface area (Å²) in [6.07, 6.45) is 0.763. The van der Waals surface area contributed by atoms with Crippen molar-refractivity contribution in [1.29, 1.82) is 0 Å². The van der Waals surface area contributed by atoms with E-state index >= 15 is 0 Å². The second kappa shape index (κ2) is 5.92. The number of carbonyl (C=O) groups excluding carboxylic acids is 1. The molecule has 0 aromatic heterocycles. The van der Waals surface area contributed by atoms with Gasteiger partial charge in [-0.3, -0.25) is 14.9 Å². The maximum Gasteiger partial charge on any atom is 0.322 e. The van der Waals surface area contributed by atoms with Gasteiger partial charge in [-0.2, -0.15) is 0 Å². The first-order valence-electron chi connectivity index (χ1n) is 5.60. The van der Waals surface area contributed by atoms with Gasteiger partial charge in [0.25, 0.3) is 0 Å². The predicted molar refractivity (Wildman–Crippen MR) is 58.7 cm³/mol. The Morgan fingerprint density at radius 1 is 1.65 bits per heavy atom. The molecule has 1 rings (SSSR count). The lowest BCUT2D eigenvalue weighted by molar-refractivity contribution is -0.539. The minimum atomic E-state index is -0.946. The number of hydrogen-bond donors (Lipinski definition) is 2. The van der Waals surface area contributed by atoms with Crippen molar-refractivity contribution in [2.45, 2.75) is 43.9 Å². The number of nitrogens with two attached hydrogens (primary N) is 1. The Hall–Kier alpha value is -1.21. The fourth-order valence-corrected chi connectivity index (χ4v) is 2.26. The lowest BCUT2D eigenvalue weighted by atomic mass is 9.81. The van der Waals surface area contributed by atoms with Crippen molar-refractivity contribution in [3.63, 3.8) is 0 Å². The molecule has 0 heterocycles. The summed E-state index contributed by atoms with van der Waals surface area (Å²) < 4.78 is 4.50. The number of aliphatic hydroxyl groups is 1. The van der Waals surface area contributed by atoms with Crippen LogP contribution in [0.1, 0.15) is 25.7 Å². The molecule has 98 valence electrons. The first kappa shape index (κ1) is 13.9. The minimum absolute atomic E-state index is 0.0112. The van der Waals surface area contributed by atoms with Crippen LogP contribution in [-0.4, -0.2) is 41.3 Å². The number of hydrogen-bond acceptors (Lipinski definition) is 6. The molecule has 0 saturated heterocycles. The maximum atomic E-state index is 11.1. The molecule has 0 aliphatic heterocycles. The van der Waals surface area contributed by atoms with Crippen LogP contribution in [0.2, 0.25) is 0 Å². The van der Waals surface area contributed by atoms with Crippen LogP contribution in [0.3, 0.4) is 0 Å². The van der Waals surface area contributed by atoms with Crippen molar-refractivity contribution in [1.82, 2.24) is 0 Å². The zero-order valence-electron chi connectivity index (χ0n) is 9.74. The summed E-state index contributed by atoms with van der Waals surface area (Å²) >= 11 is 0. The van der Waals surface area contributed by atoms with Crippen molar-refractivity contribution in [3.8, 4) is 0 Å². The molecule has 1 aliphatic carbocycles. The van der Waals surface area contributed by atoms with Crippen molar-refractivity contribution < 1.29 is 19.6 Å². The molecule has 0 amide bonds. The van der Waals surface area contributed by atoms with Gasteiger partial charge in [0.1, 0.15) is 12.1 Å². The first-order valence-corrected chi connectivity index (χ1v) is 5.60. The molecule has 4 unspecified atom stereocenters. The summed E-state index contributed by atoms with van der Waals surface area (Å²) in [5.41, 5.74) is 5.61. The molecule has 0 bridgehead atoms. The van der Waals surface area contributed by atoms with E-state index < -0.39 is 29.1 Å². The summed E-state index contributed by atoms with van der Waals surface area (Å²) in [6.45, 7) is 0. The molecule has 7 nitrogen and oxygen atoms in total. The number of aliphatic hydroxyl groups excluding tert-OH is 1. The Balaban J connectivity index is 2.51. The molecule has 3 N–H and O–H groups in total. The first-order chi connectivity index (χ1) is 7.95. The van der Waals surface area contributed by atoms with Crippen LogP contribution in [0.5, 0.6) is 0 Å². The largest absolute Gasteiger partial charge is 0.468 e. The molecule has 4 atom stereocenters. The van der Waals surface area contributed by atoms with Crippen LogP contribution in [0, 0.1) is 16.0 Å². The third-order valence-corrected chi connectivity index (χ3v) is 3.25. The number of esters is 1. The van der Waals surface area contributed by atoms with E-state index in [1.165, 1.54) is 7.11 Å². The van der Waals surface area contributed by atoms with Gasteiger partial charge in [0, 0.05) is 11.3 Å². The van der Waals surface area contributed by atoms with Crippen molar-refractivity contribution in [2.24, 2.45) is 11.7 Å². The third kappa shape index (κ3) is 3.64. The van der Waals surface area contributed by atoms with E-state index in [0.717, 1.165) is 0 Å². The van der Waals surface area contributed by atoms with E-state index in [1.54, 1.807) is 0 Å². The summed E-state index contributed by atoms with van der Waals surface area (Å²) in [6, 6.07) is -1.69. The number of carbonyl (C=O) groups is 1. The van der Waals surface area contributed by atoms with Crippen LogP contribution >= 0.6 is 0 Å². The highest BCUT2D eigenvalue weighted by Gasteiger charge is 2.38. The summed E-state index contributed by atoms with van der Waals surface area (Å²) in [4.78, 5) is 21.4. The van der Waals surface area contributed by atoms with Crippen LogP contribution in [0.4, 0.5) is 0 Å². The molecular formula is C10H18N2O5. The second-order valence-electron chi connectivity index (χ2n) is 4.46. The minimum Gasteiger partial charge on any atom is -0.468 e. The van der Waals surface area contributed by atoms with E-state index in [1.807, 2.05) is 0 Å². The van der Waals surface area contributed by atoms with Gasteiger partial charge < -0.3 is 15.6 Å². The fraction of sp³-hybridized carbons (Fsp3) is 0.900. The Morgan fingerprint density at radius 2 is 2.29 bits per heavy atom. The Bertz CT molecular complexity index is 296. The van der Waals surface area contributed by atoms with Crippen LogP contribution in [0.15, 0.2) is 0 Å². The molecule has 0 aromatic rings. The van der Waals surface area contributed by atoms with Gasteiger partial charge in [-0.05, 0) is 25.2 Å². The van der Waals surface area contributed by atoms with Gasteiger partial charge in [-0.1, -0.05) is 0 Å². The van der Waals surface area contributed by atoms with Crippen LogP contribution < -0.4 is 5.73 Å². The summed E-state index contributed by atoms with van der Waals surface area (Å²) in [7, 11) is 1.26. The molecule has 1 saturated carbocycles. The molecule has 1 fully saturated rings. The van der Waals surface area contributed by atoms with Gasteiger partial charge in [0.2, 0.25) is 6.04 Å². The number of ether oxygens (including phenoxy) is 1. The zero-order valence-corrected chi connectivity index (χ0v) is 9.74. The fourth-order valence-electron chi connectivity index (χ4n) is 2.26. The van der Waals surface area contributed by atoms with E-state index in [9.17, 15) is 20.0 Å². The van der Waals surface area contributed by atoms with E-state index in [-0.39, 0.29) is 12.3 Å². The molecule has 0 aromatic carbocycles. The number of nitrogens with zero attached hydrogens (tertiary/aromatic N) is 1. The Labute approximate surface area is 99.1 Å². The van der Waals surface area contributed by atoms with Gasteiger partial charge in [0.15, 0.2) is 0 Å². The quantitative estimate of drug-likeness (QED) is 0.399. The molecule has 17 heavy (non-hydrogen) atoms. The van der Waals surface area contributed by atoms with Crippen molar-refractivity contribution in [2.75, 3.05) is 7.11 Å². The number of nitro groups is 1. The monoisotopic (exact) mass is 246 g/mol. The highest BCUT2D eigenvalue weighted by atomic mass is 16.6. The standard InChI is InChI=1S/C10H18N2O5/c1-17-10(14)7(11)4-6-2-3-9(13)8(5-6)12(15)16/h6-9,13H,2-5,11H2,1H3. The van der Waals surface area contributed by atoms with E-state index in [4.69, 9.17) is 5.73 Å². The van der Waals surface area contributed by atoms with Gasteiger partial charge in [-0.25, -0.2) is 0 Å². The van der Waals surface area contributed by atoms with E-state index in [0.29, 0.717) is 19.3 Å². The predicted octanol–water partition coefficient (Wildman–Crippen LogP) is -0.317. The normalized spacial score (nSPS) is 30.6. The Morgan fingerprint density at radius 3 is 2.82 bits per heavy atom. The molecule has 1 aliphatic rings. The zero-order chi connectivity index (χ0) is 13.0. The van der Waals surface area contributed by atoms with Crippen molar-refractivity contribution >= 4 is 5.97 Å². The van der Waals surface area contributed by atoms with Crippen molar-refractivity contribution in [3.05, 3.63) is 10.1 Å².